The van der Waals surface area contributed by atoms with E-state index in [0.29, 0.717) is 5.76 Å². The minimum Gasteiger partial charge on any atom is -0.465 e. The maximum absolute atomic E-state index is 9.17. The van der Waals surface area contributed by atoms with Crippen LogP contribution in [0.3, 0.4) is 0 Å². The van der Waals surface area contributed by atoms with E-state index in [1.54, 1.807) is 0 Å². The molecule has 73 valence electrons. The fourth-order valence-corrected chi connectivity index (χ4v) is 1.50. The van der Waals surface area contributed by atoms with Gasteiger partial charge in [0.2, 0.25) is 6.26 Å². The van der Waals surface area contributed by atoms with Crippen molar-refractivity contribution >= 4 is 0 Å². The van der Waals surface area contributed by atoms with Crippen molar-refractivity contribution in [1.29, 1.82) is 0 Å². The second-order valence-corrected chi connectivity index (χ2v) is 3.12. The van der Waals surface area contributed by atoms with Gasteiger partial charge in [0.25, 0.3) is 0 Å². The molecule has 1 atom stereocenters. The summed E-state index contributed by atoms with van der Waals surface area (Å²) in [4.78, 5) is 0. The average molecular weight is 191 g/mol. The van der Waals surface area contributed by atoms with Crippen molar-refractivity contribution in [1.82, 2.24) is 0 Å². The van der Waals surface area contributed by atoms with Crippen molar-refractivity contribution in [3.8, 4) is 0 Å². The molecule has 0 bridgehead atoms. The molecule has 0 saturated carbocycles. The topological polar surface area (TPSA) is 38.7 Å². The first-order valence-corrected chi connectivity index (χ1v) is 4.49. The first kappa shape index (κ1) is 9.09. The van der Waals surface area contributed by atoms with Gasteiger partial charge in [-0.15, -0.1) is 0 Å². The molecule has 0 aromatic rings. The van der Waals surface area contributed by atoms with Crippen LogP contribution in [0, 0.1) is 12.2 Å². The molecule has 1 aliphatic heterocycles. The molecule has 1 radical (unpaired) electrons. The van der Waals surface area contributed by atoms with Gasteiger partial charge in [0.1, 0.15) is 12.5 Å². The molecule has 0 saturated heterocycles. The summed E-state index contributed by atoms with van der Waals surface area (Å²) in [6.45, 7) is 0.112. The Morgan fingerprint density at radius 1 is 1.57 bits per heavy atom. The first-order chi connectivity index (χ1) is 6.92. The summed E-state index contributed by atoms with van der Waals surface area (Å²) in [6.07, 6.45) is 12.1. The quantitative estimate of drug-likeness (QED) is 0.721. The van der Waals surface area contributed by atoms with E-state index >= 15 is 0 Å². The van der Waals surface area contributed by atoms with Crippen LogP contribution in [0.2, 0.25) is 0 Å². The molecule has 2 rings (SSSR count). The van der Waals surface area contributed by atoms with E-state index in [1.165, 1.54) is 12.5 Å². The van der Waals surface area contributed by atoms with Crippen molar-refractivity contribution in [3.05, 3.63) is 48.3 Å². The van der Waals surface area contributed by atoms with Crippen LogP contribution in [0.4, 0.5) is 0 Å². The number of hydrogen-bond acceptors (Lipinski definition) is 3. The Morgan fingerprint density at radius 3 is 3.21 bits per heavy atom. The van der Waals surface area contributed by atoms with E-state index < -0.39 is 0 Å². The summed E-state index contributed by atoms with van der Waals surface area (Å²) in [5.74, 6) is 0.714. The van der Waals surface area contributed by atoms with Gasteiger partial charge in [-0.3, -0.25) is 0 Å². The Hall–Kier alpha value is -1.48. The van der Waals surface area contributed by atoms with Gasteiger partial charge in [0.05, 0.1) is 6.61 Å². The number of aliphatic hydroxyl groups excluding tert-OH is 1. The molecule has 14 heavy (non-hydrogen) atoms. The summed E-state index contributed by atoms with van der Waals surface area (Å²) < 4.78 is 10.1. The molecule has 3 heteroatoms. The van der Waals surface area contributed by atoms with E-state index in [0.717, 1.165) is 12.0 Å². The maximum Gasteiger partial charge on any atom is 0.208 e. The SMILES string of the molecule is OCC1CC=CC=C1C1=COC=[C]O1. The van der Waals surface area contributed by atoms with Crippen LogP contribution in [0.1, 0.15) is 6.42 Å². The Bertz CT molecular complexity index is 323. The Kier molecular flexibility index (Phi) is 2.70. The molecular formula is C11H11O3. The summed E-state index contributed by atoms with van der Waals surface area (Å²) in [5.41, 5.74) is 0.954. The number of rotatable bonds is 2. The number of allylic oxidation sites excluding steroid dienone is 4. The van der Waals surface area contributed by atoms with Gasteiger partial charge >= 0.3 is 0 Å². The van der Waals surface area contributed by atoms with Gasteiger partial charge in [0.15, 0.2) is 5.76 Å². The van der Waals surface area contributed by atoms with Crippen molar-refractivity contribution in [2.75, 3.05) is 6.61 Å². The zero-order valence-electron chi connectivity index (χ0n) is 7.64. The van der Waals surface area contributed by atoms with Crippen LogP contribution >= 0.6 is 0 Å². The molecule has 0 aromatic heterocycles. The normalized spacial score (nSPS) is 24.8. The Morgan fingerprint density at radius 2 is 2.50 bits per heavy atom. The zero-order chi connectivity index (χ0) is 9.80. The minimum absolute atomic E-state index is 0.0924. The van der Waals surface area contributed by atoms with Gasteiger partial charge in [0, 0.05) is 11.5 Å². The van der Waals surface area contributed by atoms with Crippen molar-refractivity contribution in [3.63, 3.8) is 0 Å². The lowest BCUT2D eigenvalue weighted by Crippen LogP contribution is -2.14. The molecule has 3 nitrogen and oxygen atoms in total. The zero-order valence-corrected chi connectivity index (χ0v) is 7.64. The lowest BCUT2D eigenvalue weighted by molar-refractivity contribution is 0.215. The summed E-state index contributed by atoms with van der Waals surface area (Å²) in [7, 11) is 0. The molecular weight excluding hydrogens is 180 g/mol. The van der Waals surface area contributed by atoms with Crippen LogP contribution in [0.25, 0.3) is 0 Å². The third-order valence-corrected chi connectivity index (χ3v) is 2.24. The minimum atomic E-state index is 0.0924. The first-order valence-electron chi connectivity index (χ1n) is 4.49. The molecule has 0 fully saturated rings. The van der Waals surface area contributed by atoms with Crippen LogP contribution in [-0.4, -0.2) is 11.7 Å². The van der Waals surface area contributed by atoms with E-state index in [2.05, 4.69) is 6.26 Å². The molecule has 1 aliphatic carbocycles. The second-order valence-electron chi connectivity index (χ2n) is 3.12. The van der Waals surface area contributed by atoms with Crippen LogP contribution in [0.15, 0.2) is 42.1 Å². The predicted octanol–water partition coefficient (Wildman–Crippen LogP) is 1.64. The smallest absolute Gasteiger partial charge is 0.208 e. The third kappa shape index (κ3) is 1.72. The standard InChI is InChI=1S/C11H11O3/c12-7-9-3-1-2-4-10(9)11-8-13-5-6-14-11/h1-2,4-5,8-9,12H,3,7H2. The lowest BCUT2D eigenvalue weighted by Gasteiger charge is -2.21. The predicted molar refractivity (Wildman–Crippen MR) is 50.5 cm³/mol. The highest BCUT2D eigenvalue weighted by Crippen LogP contribution is 2.28. The van der Waals surface area contributed by atoms with E-state index in [1.807, 2.05) is 18.2 Å². The maximum atomic E-state index is 9.17. The van der Waals surface area contributed by atoms with Gasteiger partial charge in [-0.2, -0.15) is 0 Å². The number of hydrogen-bond donors (Lipinski definition) is 1. The fraction of sp³-hybridized carbons (Fsp3) is 0.273. The summed E-state index contributed by atoms with van der Waals surface area (Å²) >= 11 is 0. The van der Waals surface area contributed by atoms with Crippen LogP contribution in [0.5, 0.6) is 0 Å². The molecule has 0 aromatic carbocycles. The molecule has 1 unspecified atom stereocenters. The van der Waals surface area contributed by atoms with Crippen molar-refractivity contribution in [2.45, 2.75) is 6.42 Å². The van der Waals surface area contributed by atoms with Crippen LogP contribution < -0.4 is 0 Å². The van der Waals surface area contributed by atoms with E-state index in [4.69, 9.17) is 14.6 Å². The lowest BCUT2D eigenvalue weighted by atomic mass is 9.91. The van der Waals surface area contributed by atoms with E-state index in [9.17, 15) is 0 Å². The fourth-order valence-electron chi connectivity index (χ4n) is 1.50. The highest BCUT2D eigenvalue weighted by atomic mass is 16.5. The van der Waals surface area contributed by atoms with Crippen molar-refractivity contribution < 1.29 is 14.6 Å². The third-order valence-electron chi connectivity index (χ3n) is 2.24. The molecule has 0 spiro atoms. The Labute approximate surface area is 82.6 Å². The summed E-state index contributed by atoms with van der Waals surface area (Å²) in [6, 6.07) is 0. The number of aliphatic hydroxyl groups is 1. The van der Waals surface area contributed by atoms with Gasteiger partial charge in [-0.25, -0.2) is 0 Å². The van der Waals surface area contributed by atoms with Crippen LogP contribution in [-0.2, 0) is 9.47 Å². The largest absolute Gasteiger partial charge is 0.465 e. The van der Waals surface area contributed by atoms with Gasteiger partial charge in [-0.1, -0.05) is 18.2 Å². The molecule has 1 heterocycles. The van der Waals surface area contributed by atoms with Gasteiger partial charge in [-0.05, 0) is 6.42 Å². The monoisotopic (exact) mass is 191 g/mol. The average Bonchev–Trinajstić information content (AvgIpc) is 2.30. The second kappa shape index (κ2) is 4.15. The number of ether oxygens (including phenoxy) is 2. The summed E-state index contributed by atoms with van der Waals surface area (Å²) in [5, 5.41) is 9.17. The highest BCUT2D eigenvalue weighted by Gasteiger charge is 2.20. The molecule has 0 amide bonds. The van der Waals surface area contributed by atoms with E-state index in [-0.39, 0.29) is 12.5 Å². The van der Waals surface area contributed by atoms with Crippen molar-refractivity contribution in [2.24, 2.45) is 5.92 Å². The van der Waals surface area contributed by atoms with Gasteiger partial charge < -0.3 is 14.6 Å². The molecule has 1 N–H and O–H groups in total. The molecule has 2 aliphatic rings. The Balaban J connectivity index is 2.18. The highest BCUT2D eigenvalue weighted by molar-refractivity contribution is 5.34.